The minimum atomic E-state index is -0.285. The Labute approximate surface area is 79.9 Å². The Morgan fingerprint density at radius 3 is 2.57 bits per heavy atom. The summed E-state index contributed by atoms with van der Waals surface area (Å²) in [5.41, 5.74) is 5.99. The predicted molar refractivity (Wildman–Crippen MR) is 49.6 cm³/mol. The predicted octanol–water partition coefficient (Wildman–Crippen LogP) is -0.113. The van der Waals surface area contributed by atoms with Gasteiger partial charge in [0, 0.05) is 19.3 Å². The molecule has 2 rings (SSSR count). The van der Waals surface area contributed by atoms with Gasteiger partial charge in [-0.2, -0.15) is 14.9 Å². The summed E-state index contributed by atoms with van der Waals surface area (Å²) < 4.78 is 2.61. The van der Waals surface area contributed by atoms with Gasteiger partial charge in [0.15, 0.2) is 0 Å². The third-order valence-electron chi connectivity index (χ3n) is 1.90. The lowest BCUT2D eigenvalue weighted by Crippen LogP contribution is -2.18. The molecule has 0 saturated carbocycles. The molecular formula is C8H9N5O. The van der Waals surface area contributed by atoms with Crippen molar-refractivity contribution in [3.8, 4) is 0 Å². The second-order valence-corrected chi connectivity index (χ2v) is 2.81. The highest BCUT2D eigenvalue weighted by molar-refractivity contribution is 5.95. The summed E-state index contributed by atoms with van der Waals surface area (Å²) in [6.07, 6.45) is 3.02. The molecule has 0 aliphatic carbocycles. The van der Waals surface area contributed by atoms with E-state index >= 15 is 0 Å². The van der Waals surface area contributed by atoms with E-state index in [0.29, 0.717) is 11.5 Å². The molecule has 2 aromatic rings. The highest BCUT2D eigenvalue weighted by atomic mass is 16.2. The van der Waals surface area contributed by atoms with Gasteiger partial charge < -0.3 is 5.73 Å². The Kier molecular flexibility index (Phi) is 1.81. The van der Waals surface area contributed by atoms with Gasteiger partial charge in [0.2, 0.25) is 0 Å². The first-order valence-electron chi connectivity index (χ1n) is 4.02. The van der Waals surface area contributed by atoms with Crippen LogP contribution >= 0.6 is 0 Å². The Hall–Kier alpha value is -2.11. The van der Waals surface area contributed by atoms with Crippen LogP contribution in [0.15, 0.2) is 24.5 Å². The molecule has 2 aromatic heterocycles. The number of rotatable bonds is 1. The summed E-state index contributed by atoms with van der Waals surface area (Å²) in [4.78, 5) is 11.8. The van der Waals surface area contributed by atoms with E-state index in [2.05, 4.69) is 10.2 Å². The highest BCUT2D eigenvalue weighted by Crippen LogP contribution is 2.05. The van der Waals surface area contributed by atoms with Gasteiger partial charge >= 0.3 is 0 Å². The molecule has 14 heavy (non-hydrogen) atoms. The van der Waals surface area contributed by atoms with Gasteiger partial charge in [-0.3, -0.25) is 9.48 Å². The van der Waals surface area contributed by atoms with Crippen LogP contribution in [0.5, 0.6) is 0 Å². The molecule has 0 aliphatic rings. The van der Waals surface area contributed by atoms with Crippen molar-refractivity contribution < 1.29 is 4.79 Å². The molecule has 6 nitrogen and oxygen atoms in total. The summed E-state index contributed by atoms with van der Waals surface area (Å²) in [6.45, 7) is 0. The SMILES string of the molecule is Cn1nccc1C(=O)n1nccc1N. The van der Waals surface area contributed by atoms with Crippen molar-refractivity contribution in [2.24, 2.45) is 7.05 Å². The molecule has 0 radical (unpaired) electrons. The molecule has 0 amide bonds. The van der Waals surface area contributed by atoms with Crippen LogP contribution in [0.2, 0.25) is 0 Å². The number of hydrogen-bond acceptors (Lipinski definition) is 4. The smallest absolute Gasteiger partial charge is 0.298 e. The van der Waals surface area contributed by atoms with E-state index in [-0.39, 0.29) is 5.91 Å². The summed E-state index contributed by atoms with van der Waals surface area (Å²) in [7, 11) is 1.69. The van der Waals surface area contributed by atoms with Crippen LogP contribution in [0.25, 0.3) is 0 Å². The minimum absolute atomic E-state index is 0.285. The Bertz CT molecular complexity index is 427. The first-order valence-corrected chi connectivity index (χ1v) is 4.02. The lowest BCUT2D eigenvalue weighted by molar-refractivity contribution is 0.0938. The van der Waals surface area contributed by atoms with Gasteiger partial charge in [0.25, 0.3) is 5.91 Å². The molecule has 0 unspecified atom stereocenters. The van der Waals surface area contributed by atoms with Crippen LogP contribution in [-0.4, -0.2) is 25.5 Å². The van der Waals surface area contributed by atoms with Crippen LogP contribution in [0.3, 0.4) is 0 Å². The molecule has 0 aromatic carbocycles. The topological polar surface area (TPSA) is 78.7 Å². The maximum Gasteiger partial charge on any atom is 0.298 e. The van der Waals surface area contributed by atoms with Gasteiger partial charge in [-0.15, -0.1) is 0 Å². The normalized spacial score (nSPS) is 10.4. The summed E-state index contributed by atoms with van der Waals surface area (Å²) in [6, 6.07) is 3.18. The third kappa shape index (κ3) is 1.17. The van der Waals surface area contributed by atoms with E-state index < -0.39 is 0 Å². The van der Waals surface area contributed by atoms with Crippen molar-refractivity contribution in [1.82, 2.24) is 19.6 Å². The number of carbonyl (C=O) groups is 1. The molecule has 0 saturated heterocycles. The zero-order valence-corrected chi connectivity index (χ0v) is 7.58. The number of carbonyl (C=O) groups excluding carboxylic acids is 1. The van der Waals surface area contributed by atoms with Crippen molar-refractivity contribution in [3.63, 3.8) is 0 Å². The van der Waals surface area contributed by atoms with Crippen molar-refractivity contribution in [2.45, 2.75) is 0 Å². The molecule has 2 N–H and O–H groups in total. The largest absolute Gasteiger partial charge is 0.383 e. The lowest BCUT2D eigenvalue weighted by Gasteiger charge is -2.02. The third-order valence-corrected chi connectivity index (χ3v) is 1.90. The molecule has 0 fully saturated rings. The first-order chi connectivity index (χ1) is 6.70. The quantitative estimate of drug-likeness (QED) is 0.682. The molecule has 0 spiro atoms. The fourth-order valence-electron chi connectivity index (χ4n) is 1.18. The number of aromatic nitrogens is 4. The van der Waals surface area contributed by atoms with Crippen molar-refractivity contribution >= 4 is 11.7 Å². The molecule has 2 heterocycles. The molecule has 6 heteroatoms. The van der Waals surface area contributed by atoms with Gasteiger partial charge in [0.05, 0.1) is 6.20 Å². The van der Waals surface area contributed by atoms with E-state index in [1.165, 1.54) is 10.9 Å². The average molecular weight is 191 g/mol. The molecule has 0 atom stereocenters. The number of anilines is 1. The summed E-state index contributed by atoms with van der Waals surface area (Å²) in [5, 5.41) is 7.70. The van der Waals surface area contributed by atoms with Gasteiger partial charge in [-0.25, -0.2) is 0 Å². The van der Waals surface area contributed by atoms with Crippen LogP contribution in [0.4, 0.5) is 5.82 Å². The van der Waals surface area contributed by atoms with Crippen molar-refractivity contribution in [3.05, 3.63) is 30.2 Å². The van der Waals surface area contributed by atoms with Gasteiger partial charge in [0.1, 0.15) is 11.5 Å². The maximum absolute atomic E-state index is 11.8. The molecular weight excluding hydrogens is 182 g/mol. The first kappa shape index (κ1) is 8.49. The van der Waals surface area contributed by atoms with E-state index in [1.807, 2.05) is 0 Å². The van der Waals surface area contributed by atoms with E-state index in [9.17, 15) is 4.79 Å². The highest BCUT2D eigenvalue weighted by Gasteiger charge is 2.14. The Balaban J connectivity index is 2.44. The minimum Gasteiger partial charge on any atom is -0.383 e. The fourth-order valence-corrected chi connectivity index (χ4v) is 1.18. The van der Waals surface area contributed by atoms with Crippen molar-refractivity contribution in [2.75, 3.05) is 5.73 Å². The number of nitrogens with two attached hydrogens (primary N) is 1. The molecule has 0 aliphatic heterocycles. The number of hydrogen-bond donors (Lipinski definition) is 1. The molecule has 72 valence electrons. The fraction of sp³-hybridized carbons (Fsp3) is 0.125. The standard InChI is InChI=1S/C8H9N5O/c1-12-6(2-4-10-12)8(14)13-7(9)3-5-11-13/h2-5H,9H2,1H3. The van der Waals surface area contributed by atoms with Gasteiger partial charge in [-0.05, 0) is 6.07 Å². The lowest BCUT2D eigenvalue weighted by atomic mass is 10.4. The zero-order chi connectivity index (χ0) is 10.1. The van der Waals surface area contributed by atoms with Crippen LogP contribution < -0.4 is 5.73 Å². The number of nitrogen functional groups attached to an aromatic ring is 1. The average Bonchev–Trinajstić information content (AvgIpc) is 2.73. The van der Waals surface area contributed by atoms with E-state index in [0.717, 1.165) is 4.68 Å². The van der Waals surface area contributed by atoms with Crippen molar-refractivity contribution in [1.29, 1.82) is 0 Å². The summed E-state index contributed by atoms with van der Waals surface area (Å²) in [5.74, 6) is 0.0312. The van der Waals surface area contributed by atoms with E-state index in [4.69, 9.17) is 5.73 Å². The number of aryl methyl sites for hydroxylation is 1. The van der Waals surface area contributed by atoms with Gasteiger partial charge in [-0.1, -0.05) is 0 Å². The Morgan fingerprint density at radius 2 is 2.07 bits per heavy atom. The van der Waals surface area contributed by atoms with Crippen LogP contribution in [-0.2, 0) is 7.05 Å². The second kappa shape index (κ2) is 2.99. The molecule has 0 bridgehead atoms. The van der Waals surface area contributed by atoms with E-state index in [1.54, 1.807) is 25.4 Å². The zero-order valence-electron chi connectivity index (χ0n) is 7.58. The van der Waals surface area contributed by atoms with Crippen LogP contribution in [0.1, 0.15) is 10.5 Å². The maximum atomic E-state index is 11.8. The van der Waals surface area contributed by atoms with Crippen LogP contribution in [0, 0.1) is 0 Å². The monoisotopic (exact) mass is 191 g/mol. The summed E-state index contributed by atoms with van der Waals surface area (Å²) >= 11 is 0. The Morgan fingerprint density at radius 1 is 1.36 bits per heavy atom. The number of nitrogens with zero attached hydrogens (tertiary/aromatic N) is 4. The second-order valence-electron chi connectivity index (χ2n) is 2.81.